The zero-order valence-corrected chi connectivity index (χ0v) is 12.9. The van der Waals surface area contributed by atoms with Gasteiger partial charge in [0.25, 0.3) is 0 Å². The minimum Gasteiger partial charge on any atom is -0.457 e. The second-order valence-corrected chi connectivity index (χ2v) is 5.53. The Labute approximate surface area is 129 Å². The molecule has 1 N–H and O–H groups in total. The molecule has 1 aliphatic heterocycles. The predicted molar refractivity (Wildman–Crippen MR) is 86.8 cm³/mol. The van der Waals surface area contributed by atoms with Gasteiger partial charge >= 0.3 is 0 Å². The van der Waals surface area contributed by atoms with E-state index in [1.807, 2.05) is 50.2 Å². The monoisotopic (exact) mass is 300 g/mol. The summed E-state index contributed by atoms with van der Waals surface area (Å²) in [6, 6.07) is 11.8. The molecule has 1 heterocycles. The van der Waals surface area contributed by atoms with Crippen molar-refractivity contribution in [3.05, 3.63) is 58.1 Å². The highest BCUT2D eigenvalue weighted by Gasteiger charge is 2.08. The van der Waals surface area contributed by atoms with Crippen molar-refractivity contribution in [3.63, 3.8) is 0 Å². The number of hydrogen-bond donors (Lipinski definition) is 1. The van der Waals surface area contributed by atoms with Crippen molar-refractivity contribution in [3.8, 4) is 11.5 Å². The number of rotatable bonds is 3. The van der Waals surface area contributed by atoms with E-state index in [1.165, 1.54) is 0 Å². The maximum absolute atomic E-state index is 6.17. The molecule has 0 amide bonds. The molecule has 0 saturated carbocycles. The molecule has 0 aromatic heterocycles. The zero-order valence-electron chi connectivity index (χ0n) is 12.1. The Morgan fingerprint density at radius 3 is 2.29 bits per heavy atom. The maximum atomic E-state index is 6.17. The van der Waals surface area contributed by atoms with E-state index in [9.17, 15) is 0 Å². The topological polar surface area (TPSA) is 33.6 Å². The number of aliphatic imine (C=N–C) groups is 1. The lowest BCUT2D eigenvalue weighted by Crippen LogP contribution is -2.19. The number of halogens is 1. The SMILES string of the molecule is Cc1cc(Oc2ccc(C3=NCCN3)cc2)cc(C)c1Cl. The van der Waals surface area contributed by atoms with Crippen molar-refractivity contribution in [2.45, 2.75) is 13.8 Å². The standard InChI is InChI=1S/C17H17ClN2O/c1-11-9-15(10-12(2)16(11)18)21-14-5-3-13(4-6-14)17-19-7-8-20-17/h3-6,9-10H,7-8H2,1-2H3,(H,19,20). The van der Waals surface area contributed by atoms with Gasteiger partial charge in [-0.1, -0.05) is 11.6 Å². The van der Waals surface area contributed by atoms with Gasteiger partial charge < -0.3 is 10.1 Å². The van der Waals surface area contributed by atoms with Gasteiger partial charge in [-0.3, -0.25) is 4.99 Å². The Kier molecular flexibility index (Phi) is 3.84. The molecule has 0 radical (unpaired) electrons. The number of aryl methyl sites for hydroxylation is 2. The first-order valence-electron chi connectivity index (χ1n) is 6.97. The fourth-order valence-corrected chi connectivity index (χ4v) is 2.48. The molecule has 0 aliphatic carbocycles. The van der Waals surface area contributed by atoms with Crippen LogP contribution in [-0.2, 0) is 0 Å². The molecule has 2 aromatic rings. The Morgan fingerprint density at radius 2 is 1.71 bits per heavy atom. The molecule has 1 aliphatic rings. The molecule has 21 heavy (non-hydrogen) atoms. The van der Waals surface area contributed by atoms with Crippen molar-refractivity contribution >= 4 is 17.4 Å². The Hall–Kier alpha value is -2.00. The van der Waals surface area contributed by atoms with Crippen LogP contribution in [0.3, 0.4) is 0 Å². The minimum absolute atomic E-state index is 0.794. The lowest BCUT2D eigenvalue weighted by atomic mass is 10.1. The number of amidine groups is 1. The van der Waals surface area contributed by atoms with Crippen molar-refractivity contribution in [1.82, 2.24) is 5.32 Å². The third kappa shape index (κ3) is 3.03. The average Bonchev–Trinajstić information content (AvgIpc) is 3.00. The summed E-state index contributed by atoms with van der Waals surface area (Å²) < 4.78 is 5.89. The van der Waals surface area contributed by atoms with Crippen LogP contribution in [0.25, 0.3) is 0 Å². The Bertz CT molecular complexity index is 669. The number of hydrogen-bond acceptors (Lipinski definition) is 3. The van der Waals surface area contributed by atoms with Crippen LogP contribution in [0.2, 0.25) is 5.02 Å². The Morgan fingerprint density at radius 1 is 1.05 bits per heavy atom. The Balaban J connectivity index is 1.79. The average molecular weight is 301 g/mol. The largest absolute Gasteiger partial charge is 0.457 e. The summed E-state index contributed by atoms with van der Waals surface area (Å²) in [6.07, 6.45) is 0. The van der Waals surface area contributed by atoms with Gasteiger partial charge in [0.2, 0.25) is 0 Å². The van der Waals surface area contributed by atoms with Gasteiger partial charge in [-0.15, -0.1) is 0 Å². The lowest BCUT2D eigenvalue weighted by molar-refractivity contribution is 0.482. The van der Waals surface area contributed by atoms with E-state index in [-0.39, 0.29) is 0 Å². The molecule has 4 heteroatoms. The van der Waals surface area contributed by atoms with E-state index >= 15 is 0 Å². The summed E-state index contributed by atoms with van der Waals surface area (Å²) in [5.41, 5.74) is 3.13. The van der Waals surface area contributed by atoms with Crippen molar-refractivity contribution in [2.75, 3.05) is 13.1 Å². The van der Waals surface area contributed by atoms with E-state index in [2.05, 4.69) is 10.3 Å². The summed E-state index contributed by atoms with van der Waals surface area (Å²) in [5, 5.41) is 4.05. The number of benzene rings is 2. The molecule has 0 bridgehead atoms. The molecule has 0 saturated heterocycles. The third-order valence-corrected chi connectivity index (χ3v) is 4.04. The smallest absolute Gasteiger partial charge is 0.128 e. The first kappa shape index (κ1) is 14.0. The van der Waals surface area contributed by atoms with Crippen LogP contribution in [0.1, 0.15) is 16.7 Å². The molecule has 3 nitrogen and oxygen atoms in total. The second kappa shape index (κ2) is 5.78. The highest BCUT2D eigenvalue weighted by Crippen LogP contribution is 2.29. The molecule has 2 aromatic carbocycles. The van der Waals surface area contributed by atoms with E-state index < -0.39 is 0 Å². The summed E-state index contributed by atoms with van der Waals surface area (Å²) in [7, 11) is 0. The molecule has 0 spiro atoms. The normalized spacial score (nSPS) is 13.8. The van der Waals surface area contributed by atoms with Crippen LogP contribution in [-0.4, -0.2) is 18.9 Å². The van der Waals surface area contributed by atoms with Gasteiger partial charge in [-0.05, 0) is 61.4 Å². The second-order valence-electron chi connectivity index (χ2n) is 5.15. The quantitative estimate of drug-likeness (QED) is 0.926. The van der Waals surface area contributed by atoms with E-state index in [4.69, 9.17) is 16.3 Å². The van der Waals surface area contributed by atoms with Gasteiger partial charge in [-0.2, -0.15) is 0 Å². The van der Waals surface area contributed by atoms with Gasteiger partial charge in [0.05, 0.1) is 6.54 Å². The molecule has 0 unspecified atom stereocenters. The van der Waals surface area contributed by atoms with E-state index in [1.54, 1.807) is 0 Å². The van der Waals surface area contributed by atoms with Gasteiger partial charge in [0, 0.05) is 17.1 Å². The van der Waals surface area contributed by atoms with Crippen LogP contribution in [0.5, 0.6) is 11.5 Å². The van der Waals surface area contributed by atoms with Gasteiger partial charge in [0.15, 0.2) is 0 Å². The summed E-state index contributed by atoms with van der Waals surface area (Å²) >= 11 is 6.17. The van der Waals surface area contributed by atoms with Crippen LogP contribution in [0.4, 0.5) is 0 Å². The highest BCUT2D eigenvalue weighted by molar-refractivity contribution is 6.32. The van der Waals surface area contributed by atoms with E-state index in [0.717, 1.165) is 52.1 Å². The maximum Gasteiger partial charge on any atom is 0.128 e. The third-order valence-electron chi connectivity index (χ3n) is 3.45. The van der Waals surface area contributed by atoms with Gasteiger partial charge in [-0.25, -0.2) is 0 Å². The van der Waals surface area contributed by atoms with E-state index in [0.29, 0.717) is 0 Å². The molecule has 0 fully saturated rings. The predicted octanol–water partition coefficient (Wildman–Crippen LogP) is 4.10. The highest BCUT2D eigenvalue weighted by atomic mass is 35.5. The van der Waals surface area contributed by atoms with Gasteiger partial charge in [0.1, 0.15) is 17.3 Å². The molecular weight excluding hydrogens is 284 g/mol. The van der Waals surface area contributed by atoms with Crippen LogP contribution in [0.15, 0.2) is 41.4 Å². The first-order chi connectivity index (χ1) is 10.1. The molecule has 3 rings (SSSR count). The molecule has 108 valence electrons. The van der Waals surface area contributed by atoms with Crippen molar-refractivity contribution in [1.29, 1.82) is 0 Å². The van der Waals surface area contributed by atoms with Crippen molar-refractivity contribution < 1.29 is 4.74 Å². The van der Waals surface area contributed by atoms with Crippen LogP contribution in [0, 0.1) is 13.8 Å². The zero-order chi connectivity index (χ0) is 14.8. The summed E-state index contributed by atoms with van der Waals surface area (Å²) in [5.74, 6) is 2.57. The van der Waals surface area contributed by atoms with Crippen LogP contribution < -0.4 is 10.1 Å². The summed E-state index contributed by atoms with van der Waals surface area (Å²) in [6.45, 7) is 5.72. The molecule has 0 atom stereocenters. The molecular formula is C17H17ClN2O. The lowest BCUT2D eigenvalue weighted by Gasteiger charge is -2.10. The van der Waals surface area contributed by atoms with Crippen LogP contribution >= 0.6 is 11.6 Å². The number of nitrogens with zero attached hydrogens (tertiary/aromatic N) is 1. The summed E-state index contributed by atoms with van der Waals surface area (Å²) in [4.78, 5) is 4.40. The fraction of sp³-hybridized carbons (Fsp3) is 0.235. The first-order valence-corrected chi connectivity index (χ1v) is 7.34. The number of ether oxygens (including phenoxy) is 1. The fourth-order valence-electron chi connectivity index (χ4n) is 2.37. The van der Waals surface area contributed by atoms with Crippen molar-refractivity contribution in [2.24, 2.45) is 4.99 Å². The minimum atomic E-state index is 0.794. The number of nitrogens with one attached hydrogen (secondary N) is 1.